The zero-order valence-electron chi connectivity index (χ0n) is 12.4. The Morgan fingerprint density at radius 3 is 2.71 bits per heavy atom. The van der Waals surface area contributed by atoms with E-state index in [1.165, 1.54) is 6.42 Å². The molecule has 2 unspecified atom stereocenters. The zero-order chi connectivity index (χ0) is 14.7. The van der Waals surface area contributed by atoms with E-state index in [1.54, 1.807) is 12.4 Å². The number of nitrogens with one attached hydrogen (secondary N) is 2. The van der Waals surface area contributed by atoms with Crippen molar-refractivity contribution in [3.05, 3.63) is 18.2 Å². The molecule has 4 saturated carbocycles. The molecule has 1 aromatic rings. The first-order valence-corrected chi connectivity index (χ1v) is 8.01. The number of rotatable bonds is 3. The molecule has 0 aliphatic heterocycles. The van der Waals surface area contributed by atoms with E-state index in [0.29, 0.717) is 17.7 Å². The molecule has 5 heteroatoms. The quantitative estimate of drug-likeness (QED) is 0.794. The third kappa shape index (κ3) is 2.09. The highest BCUT2D eigenvalue weighted by Crippen LogP contribution is 2.62. The lowest BCUT2D eigenvalue weighted by molar-refractivity contribution is -0.171. The number of hydrogen-bond donors (Lipinski definition) is 3. The van der Waals surface area contributed by atoms with E-state index < -0.39 is 5.60 Å². The van der Waals surface area contributed by atoms with Crippen LogP contribution in [0.5, 0.6) is 0 Å². The minimum atomic E-state index is -0.478. The van der Waals surface area contributed by atoms with E-state index in [2.05, 4.69) is 22.2 Å². The molecule has 1 aromatic heterocycles. The Morgan fingerprint density at radius 2 is 2.14 bits per heavy atom. The topological polar surface area (TPSA) is 78.0 Å². The Hall–Kier alpha value is -1.36. The van der Waals surface area contributed by atoms with Gasteiger partial charge in [-0.3, -0.25) is 4.79 Å². The summed E-state index contributed by atoms with van der Waals surface area (Å²) in [7, 11) is 0. The number of amides is 1. The van der Waals surface area contributed by atoms with Crippen molar-refractivity contribution in [3.63, 3.8) is 0 Å². The van der Waals surface area contributed by atoms with Crippen LogP contribution in [0, 0.1) is 17.3 Å². The molecule has 1 amide bonds. The van der Waals surface area contributed by atoms with Crippen LogP contribution in [0.4, 0.5) is 0 Å². The molecule has 0 saturated heterocycles. The van der Waals surface area contributed by atoms with Gasteiger partial charge in [0.2, 0.25) is 0 Å². The molecule has 114 valence electrons. The average molecular weight is 289 g/mol. The smallest absolute Gasteiger partial charge is 0.287 e. The first-order valence-electron chi connectivity index (χ1n) is 8.01. The van der Waals surface area contributed by atoms with Crippen molar-refractivity contribution in [2.45, 2.75) is 57.1 Å². The van der Waals surface area contributed by atoms with Crippen molar-refractivity contribution < 1.29 is 9.90 Å². The van der Waals surface area contributed by atoms with E-state index in [9.17, 15) is 9.90 Å². The fraction of sp³-hybridized carbons (Fsp3) is 0.750. The van der Waals surface area contributed by atoms with Crippen LogP contribution in [0.25, 0.3) is 0 Å². The molecule has 4 bridgehead atoms. The van der Waals surface area contributed by atoms with Gasteiger partial charge in [-0.25, -0.2) is 4.98 Å². The molecule has 4 fully saturated rings. The Bertz CT molecular complexity index is 540. The first-order chi connectivity index (χ1) is 9.98. The SMILES string of the molecule is C[C@@H](NC(=O)c1ncc[nH]1)C12C[C@@H]3C[C@@H](CC(O)(C3)C1)C2. The number of aromatic nitrogens is 2. The maximum atomic E-state index is 12.2. The predicted molar refractivity (Wildman–Crippen MR) is 77.6 cm³/mol. The van der Waals surface area contributed by atoms with Crippen LogP contribution in [-0.4, -0.2) is 32.6 Å². The summed E-state index contributed by atoms with van der Waals surface area (Å²) in [6.45, 7) is 2.09. The fourth-order valence-electron chi connectivity index (χ4n) is 5.60. The lowest BCUT2D eigenvalue weighted by atomic mass is 9.46. The van der Waals surface area contributed by atoms with Gasteiger partial charge in [0, 0.05) is 18.4 Å². The summed E-state index contributed by atoms with van der Waals surface area (Å²) in [6.07, 6.45) is 9.57. The Morgan fingerprint density at radius 1 is 1.43 bits per heavy atom. The summed E-state index contributed by atoms with van der Waals surface area (Å²) < 4.78 is 0. The highest BCUT2D eigenvalue weighted by molar-refractivity contribution is 5.90. The minimum absolute atomic E-state index is 0.0705. The second kappa shape index (κ2) is 4.32. The number of nitrogens with zero attached hydrogens (tertiary/aromatic N) is 1. The molecule has 5 nitrogen and oxygen atoms in total. The van der Waals surface area contributed by atoms with Crippen LogP contribution in [0.2, 0.25) is 0 Å². The van der Waals surface area contributed by atoms with Gasteiger partial charge in [0.25, 0.3) is 5.91 Å². The van der Waals surface area contributed by atoms with Gasteiger partial charge < -0.3 is 15.4 Å². The summed E-state index contributed by atoms with van der Waals surface area (Å²) >= 11 is 0. The number of H-pyrrole nitrogens is 1. The molecule has 4 aliphatic rings. The van der Waals surface area contributed by atoms with Crippen molar-refractivity contribution >= 4 is 5.91 Å². The zero-order valence-corrected chi connectivity index (χ0v) is 12.4. The van der Waals surface area contributed by atoms with E-state index >= 15 is 0 Å². The van der Waals surface area contributed by atoms with Crippen molar-refractivity contribution in [2.75, 3.05) is 0 Å². The Balaban J connectivity index is 1.54. The van der Waals surface area contributed by atoms with Crippen LogP contribution in [0.3, 0.4) is 0 Å². The third-order valence-electron chi connectivity index (χ3n) is 6.05. The summed E-state index contributed by atoms with van der Waals surface area (Å²) in [5.74, 6) is 1.50. The van der Waals surface area contributed by atoms with Gasteiger partial charge in [0.1, 0.15) is 0 Å². The molecule has 0 radical (unpaired) electrons. The van der Waals surface area contributed by atoms with Crippen molar-refractivity contribution in [3.8, 4) is 0 Å². The van der Waals surface area contributed by atoms with Gasteiger partial charge in [0.05, 0.1) is 5.60 Å². The molecule has 21 heavy (non-hydrogen) atoms. The summed E-state index contributed by atoms with van der Waals surface area (Å²) in [5, 5.41) is 13.9. The molecule has 5 atom stereocenters. The number of carbonyl (C=O) groups is 1. The summed E-state index contributed by atoms with van der Waals surface area (Å²) in [6, 6.07) is 0.0764. The maximum absolute atomic E-state index is 12.2. The third-order valence-corrected chi connectivity index (χ3v) is 6.05. The van der Waals surface area contributed by atoms with E-state index in [0.717, 1.165) is 32.1 Å². The molecule has 1 heterocycles. The highest BCUT2D eigenvalue weighted by atomic mass is 16.3. The molecular formula is C16H23N3O2. The van der Waals surface area contributed by atoms with Crippen LogP contribution < -0.4 is 5.32 Å². The second-order valence-electron chi connectivity index (χ2n) is 7.68. The largest absolute Gasteiger partial charge is 0.390 e. The van der Waals surface area contributed by atoms with Crippen molar-refractivity contribution in [1.29, 1.82) is 0 Å². The standard InChI is InChI=1S/C16H23N3O2/c1-10(19-14(20)13-17-2-3-18-13)15-5-11-4-12(6-15)8-16(21,7-11)9-15/h2-3,10-12,21H,4-9H2,1H3,(H,17,18)(H,19,20)/t10-,11-,12+,15?,16?/m1/s1. The van der Waals surface area contributed by atoms with Gasteiger partial charge in [-0.05, 0) is 62.7 Å². The molecule has 0 spiro atoms. The number of imidazole rings is 1. The van der Waals surface area contributed by atoms with E-state index in [-0.39, 0.29) is 17.4 Å². The molecular weight excluding hydrogens is 266 g/mol. The van der Waals surface area contributed by atoms with Gasteiger partial charge >= 0.3 is 0 Å². The van der Waals surface area contributed by atoms with Crippen LogP contribution in [0.15, 0.2) is 12.4 Å². The van der Waals surface area contributed by atoms with Gasteiger partial charge in [-0.1, -0.05) is 0 Å². The van der Waals surface area contributed by atoms with Gasteiger partial charge in [-0.15, -0.1) is 0 Å². The number of aliphatic hydroxyl groups is 1. The van der Waals surface area contributed by atoms with Crippen LogP contribution >= 0.6 is 0 Å². The van der Waals surface area contributed by atoms with Gasteiger partial charge in [0.15, 0.2) is 5.82 Å². The fourth-order valence-corrected chi connectivity index (χ4v) is 5.60. The Labute approximate surface area is 124 Å². The van der Waals surface area contributed by atoms with Crippen molar-refractivity contribution in [2.24, 2.45) is 17.3 Å². The lowest BCUT2D eigenvalue weighted by Crippen LogP contribution is -2.61. The predicted octanol–water partition coefficient (Wildman–Crippen LogP) is 1.86. The first kappa shape index (κ1) is 13.3. The lowest BCUT2D eigenvalue weighted by Gasteiger charge is -2.62. The van der Waals surface area contributed by atoms with E-state index in [4.69, 9.17) is 0 Å². The van der Waals surface area contributed by atoms with Crippen LogP contribution in [0.1, 0.15) is 56.1 Å². The monoisotopic (exact) mass is 289 g/mol. The van der Waals surface area contributed by atoms with Crippen LogP contribution in [-0.2, 0) is 0 Å². The number of hydrogen-bond acceptors (Lipinski definition) is 3. The average Bonchev–Trinajstić information content (AvgIpc) is 2.89. The summed E-state index contributed by atoms with van der Waals surface area (Å²) in [5.41, 5.74) is -0.408. The maximum Gasteiger partial charge on any atom is 0.287 e. The second-order valence-corrected chi connectivity index (χ2v) is 7.68. The summed E-state index contributed by atoms with van der Waals surface area (Å²) in [4.78, 5) is 19.1. The number of carbonyl (C=O) groups excluding carboxylic acids is 1. The highest BCUT2D eigenvalue weighted by Gasteiger charge is 2.59. The Kier molecular flexibility index (Phi) is 2.74. The van der Waals surface area contributed by atoms with E-state index in [1.807, 2.05) is 0 Å². The normalized spacial score (nSPS) is 42.0. The van der Waals surface area contributed by atoms with Crippen molar-refractivity contribution in [1.82, 2.24) is 15.3 Å². The molecule has 0 aromatic carbocycles. The molecule has 5 rings (SSSR count). The minimum Gasteiger partial charge on any atom is -0.390 e. The van der Waals surface area contributed by atoms with Gasteiger partial charge in [-0.2, -0.15) is 0 Å². The molecule has 3 N–H and O–H groups in total. The number of aromatic amines is 1. The molecule has 4 aliphatic carbocycles.